The van der Waals surface area contributed by atoms with Crippen molar-refractivity contribution < 1.29 is 9.13 Å². The summed E-state index contributed by atoms with van der Waals surface area (Å²) in [4.78, 5) is 0. The van der Waals surface area contributed by atoms with Crippen LogP contribution in [-0.2, 0) is 6.42 Å². The van der Waals surface area contributed by atoms with Gasteiger partial charge in [0.25, 0.3) is 0 Å². The van der Waals surface area contributed by atoms with Crippen molar-refractivity contribution in [3.8, 4) is 5.75 Å². The Bertz CT molecular complexity index is 736. The maximum absolute atomic E-state index is 13.8. The number of rotatable bonds is 9. The van der Waals surface area contributed by atoms with E-state index in [0.717, 1.165) is 12.0 Å². The second-order valence-corrected chi connectivity index (χ2v) is 5.62. The highest BCUT2D eigenvalue weighted by atomic mass is 19.1. The van der Waals surface area contributed by atoms with Gasteiger partial charge in [-0.1, -0.05) is 50.3 Å². The minimum Gasteiger partial charge on any atom is -0.486 e. The highest BCUT2D eigenvalue weighted by Gasteiger charge is 2.02. The van der Waals surface area contributed by atoms with E-state index in [4.69, 9.17) is 4.74 Å². The van der Waals surface area contributed by atoms with E-state index < -0.39 is 5.82 Å². The summed E-state index contributed by atoms with van der Waals surface area (Å²) in [5, 5.41) is 7.97. The van der Waals surface area contributed by atoms with Crippen LogP contribution < -0.4 is 4.74 Å². The van der Waals surface area contributed by atoms with Gasteiger partial charge in [0.05, 0.1) is 12.4 Å². The monoisotopic (exact) mass is 338 g/mol. The van der Waals surface area contributed by atoms with Gasteiger partial charge < -0.3 is 4.74 Å². The smallest absolute Gasteiger partial charge is 0.165 e. The van der Waals surface area contributed by atoms with Crippen LogP contribution in [0.5, 0.6) is 5.75 Å². The van der Waals surface area contributed by atoms with Gasteiger partial charge in [0, 0.05) is 0 Å². The highest BCUT2D eigenvalue weighted by Crippen LogP contribution is 2.17. The average Bonchev–Trinajstić information content (AvgIpc) is 2.64. The molecule has 0 saturated carbocycles. The number of unbranched alkanes of at least 4 members (excludes halogenated alkanes) is 1. The van der Waals surface area contributed by atoms with Crippen LogP contribution in [0, 0.1) is 5.82 Å². The second-order valence-electron chi connectivity index (χ2n) is 5.62. The molecule has 4 heteroatoms. The molecule has 0 N–H and O–H groups in total. The average molecular weight is 338 g/mol. The number of halogens is 1. The van der Waals surface area contributed by atoms with Crippen LogP contribution >= 0.6 is 0 Å². The van der Waals surface area contributed by atoms with E-state index in [1.165, 1.54) is 30.7 Å². The molecule has 130 valence electrons. The fourth-order valence-electron chi connectivity index (χ4n) is 2.21. The number of hydrogen-bond acceptors (Lipinski definition) is 3. The molecule has 0 heterocycles. The number of aryl methyl sites for hydroxylation is 1. The summed E-state index contributed by atoms with van der Waals surface area (Å²) in [5.41, 5.74) is 2.93. The molecule has 0 radical (unpaired) electrons. The Morgan fingerprint density at radius 3 is 2.36 bits per heavy atom. The minimum absolute atomic E-state index is 0.198. The molecule has 3 nitrogen and oxygen atoms in total. The summed E-state index contributed by atoms with van der Waals surface area (Å²) in [5.74, 6) is -0.235. The van der Waals surface area contributed by atoms with E-state index in [2.05, 4.69) is 35.8 Å². The third-order valence-corrected chi connectivity index (χ3v) is 3.59. The fourth-order valence-corrected chi connectivity index (χ4v) is 2.21. The van der Waals surface area contributed by atoms with Crippen LogP contribution in [0.25, 0.3) is 0 Å². The van der Waals surface area contributed by atoms with Crippen molar-refractivity contribution in [2.24, 2.45) is 10.2 Å². The predicted octanol–water partition coefficient (Wildman–Crippen LogP) is 5.19. The van der Waals surface area contributed by atoms with Crippen LogP contribution in [0.15, 0.2) is 65.3 Å². The van der Waals surface area contributed by atoms with E-state index in [1.807, 2.05) is 12.1 Å². The van der Waals surface area contributed by atoms with E-state index >= 15 is 0 Å². The molecule has 0 atom stereocenters. The first-order chi connectivity index (χ1) is 12.2. The molecule has 0 aliphatic heterocycles. The molecule has 0 aromatic heterocycles. The Hall–Kier alpha value is -2.75. The lowest BCUT2D eigenvalue weighted by Crippen LogP contribution is -1.96. The summed E-state index contributed by atoms with van der Waals surface area (Å²) in [7, 11) is 0. The lowest BCUT2D eigenvalue weighted by molar-refractivity contribution is 0.342. The van der Waals surface area contributed by atoms with Crippen molar-refractivity contribution in [2.45, 2.75) is 26.2 Å². The largest absolute Gasteiger partial charge is 0.486 e. The van der Waals surface area contributed by atoms with E-state index in [-0.39, 0.29) is 12.4 Å². The zero-order valence-electron chi connectivity index (χ0n) is 14.5. The van der Waals surface area contributed by atoms with Gasteiger partial charge in [-0.05, 0) is 47.7 Å². The molecule has 0 unspecified atom stereocenters. The molecular formula is C21H23FN2O. The summed E-state index contributed by atoms with van der Waals surface area (Å²) in [6.07, 6.45) is 8.25. The Balaban J connectivity index is 1.92. The molecule has 2 rings (SSSR count). The maximum atomic E-state index is 13.8. The standard InChI is InChI=1S/C21H23FN2O/c1-3-5-6-17-7-9-18(10-8-17)15-23-24-16-19-11-12-21(20(22)14-19)25-13-4-2/h4,7-12,14-16H,2-3,5-6,13H2,1H3. The fraction of sp³-hybridized carbons (Fsp3) is 0.238. The van der Waals surface area contributed by atoms with Crippen molar-refractivity contribution in [3.63, 3.8) is 0 Å². The predicted molar refractivity (Wildman–Crippen MR) is 102 cm³/mol. The van der Waals surface area contributed by atoms with Gasteiger partial charge in [0.1, 0.15) is 6.61 Å². The highest BCUT2D eigenvalue weighted by molar-refractivity contribution is 5.82. The van der Waals surface area contributed by atoms with Crippen molar-refractivity contribution in [1.82, 2.24) is 0 Å². The third kappa shape index (κ3) is 6.34. The SMILES string of the molecule is C=CCOc1ccc(C=NN=Cc2ccc(CCCC)cc2)cc1F. The number of hydrogen-bond donors (Lipinski definition) is 0. The van der Waals surface area contributed by atoms with Crippen molar-refractivity contribution in [3.05, 3.63) is 77.6 Å². The van der Waals surface area contributed by atoms with E-state index in [1.54, 1.807) is 24.4 Å². The van der Waals surface area contributed by atoms with E-state index in [9.17, 15) is 4.39 Å². The molecular weight excluding hydrogens is 315 g/mol. The second kappa shape index (κ2) is 10.2. The molecule has 0 saturated heterocycles. The normalized spacial score (nSPS) is 11.3. The molecule has 2 aromatic carbocycles. The number of ether oxygens (including phenoxy) is 1. The maximum Gasteiger partial charge on any atom is 0.165 e. The first-order valence-corrected chi connectivity index (χ1v) is 8.41. The van der Waals surface area contributed by atoms with Crippen LogP contribution in [0.2, 0.25) is 0 Å². The minimum atomic E-state index is -0.433. The van der Waals surface area contributed by atoms with Crippen molar-refractivity contribution in [2.75, 3.05) is 6.61 Å². The van der Waals surface area contributed by atoms with Crippen molar-refractivity contribution >= 4 is 12.4 Å². The van der Waals surface area contributed by atoms with Crippen LogP contribution in [-0.4, -0.2) is 19.0 Å². The zero-order chi connectivity index (χ0) is 17.9. The Kier molecular flexibility index (Phi) is 7.57. The molecule has 0 amide bonds. The summed E-state index contributed by atoms with van der Waals surface area (Å²) in [6.45, 7) is 5.99. The lowest BCUT2D eigenvalue weighted by atomic mass is 10.1. The Labute approximate surface area is 148 Å². The summed E-state index contributed by atoms with van der Waals surface area (Å²) in [6, 6.07) is 12.9. The molecule has 2 aromatic rings. The first-order valence-electron chi connectivity index (χ1n) is 8.41. The van der Waals surface area contributed by atoms with Gasteiger partial charge in [0.2, 0.25) is 0 Å². The summed E-state index contributed by atoms with van der Waals surface area (Å²) >= 11 is 0. The molecule has 0 spiro atoms. The number of nitrogens with zero attached hydrogens (tertiary/aromatic N) is 2. The van der Waals surface area contributed by atoms with E-state index in [0.29, 0.717) is 5.56 Å². The van der Waals surface area contributed by atoms with Gasteiger partial charge in [-0.15, -0.1) is 0 Å². The van der Waals surface area contributed by atoms with Gasteiger partial charge in [0.15, 0.2) is 11.6 Å². The molecule has 0 fully saturated rings. The van der Waals surface area contributed by atoms with Crippen LogP contribution in [0.1, 0.15) is 36.5 Å². The Morgan fingerprint density at radius 2 is 1.72 bits per heavy atom. The quantitative estimate of drug-likeness (QED) is 0.352. The molecule has 0 aliphatic carbocycles. The van der Waals surface area contributed by atoms with Crippen LogP contribution in [0.3, 0.4) is 0 Å². The lowest BCUT2D eigenvalue weighted by Gasteiger charge is -2.04. The van der Waals surface area contributed by atoms with Gasteiger partial charge >= 0.3 is 0 Å². The van der Waals surface area contributed by atoms with Gasteiger partial charge in [-0.3, -0.25) is 0 Å². The zero-order valence-corrected chi connectivity index (χ0v) is 14.5. The summed E-state index contributed by atoms with van der Waals surface area (Å²) < 4.78 is 19.0. The van der Waals surface area contributed by atoms with Crippen LogP contribution in [0.4, 0.5) is 4.39 Å². The molecule has 25 heavy (non-hydrogen) atoms. The van der Waals surface area contributed by atoms with Gasteiger partial charge in [-0.25, -0.2) is 4.39 Å². The topological polar surface area (TPSA) is 34.0 Å². The Morgan fingerprint density at radius 1 is 1.04 bits per heavy atom. The van der Waals surface area contributed by atoms with Gasteiger partial charge in [-0.2, -0.15) is 10.2 Å². The third-order valence-electron chi connectivity index (χ3n) is 3.59. The van der Waals surface area contributed by atoms with Crippen molar-refractivity contribution in [1.29, 1.82) is 0 Å². The number of benzene rings is 2. The molecule has 0 aliphatic rings. The molecule has 0 bridgehead atoms. The first kappa shape index (κ1) is 18.6.